The zero-order valence-corrected chi connectivity index (χ0v) is 17.4. The highest BCUT2D eigenvalue weighted by Gasteiger charge is 2.33. The molecule has 0 aliphatic carbocycles. The molecule has 29 heavy (non-hydrogen) atoms. The lowest BCUT2D eigenvalue weighted by atomic mass is 10.2. The van der Waals surface area contributed by atoms with Crippen molar-refractivity contribution in [3.8, 4) is 11.5 Å². The van der Waals surface area contributed by atoms with Crippen molar-refractivity contribution in [2.45, 2.75) is 20.3 Å². The van der Waals surface area contributed by atoms with Crippen molar-refractivity contribution < 1.29 is 14.6 Å². The molecule has 3 rings (SSSR count). The van der Waals surface area contributed by atoms with Crippen LogP contribution in [0.15, 0.2) is 65.0 Å². The average Bonchev–Trinajstić information content (AvgIpc) is 2.99. The SMILES string of the molecule is C=CCN1C(=O)/C(=C/c2ccccc2OCCC)SC1=Nc1ccc(C)cc1O. The molecular formula is C23H24N2O3S. The summed E-state index contributed by atoms with van der Waals surface area (Å²) in [5.41, 5.74) is 2.21. The molecule has 0 saturated carbocycles. The summed E-state index contributed by atoms with van der Waals surface area (Å²) in [6.07, 6.45) is 4.39. The van der Waals surface area contributed by atoms with E-state index in [0.29, 0.717) is 28.9 Å². The van der Waals surface area contributed by atoms with Gasteiger partial charge < -0.3 is 9.84 Å². The van der Waals surface area contributed by atoms with Crippen LogP contribution in [0.5, 0.6) is 11.5 Å². The van der Waals surface area contributed by atoms with Crippen LogP contribution in [-0.4, -0.2) is 34.2 Å². The lowest BCUT2D eigenvalue weighted by Crippen LogP contribution is -2.29. The standard InChI is InChI=1S/C23H24N2O3S/c1-4-12-25-22(27)21(15-17-8-6-7-9-20(17)28-13-5-2)29-23(25)24-18-11-10-16(3)14-19(18)26/h4,6-11,14-15,26H,1,5,12-13H2,2-3H3/b21-15-,24-23?. The Morgan fingerprint density at radius 2 is 2.07 bits per heavy atom. The van der Waals surface area contributed by atoms with Gasteiger partial charge in [0.05, 0.1) is 11.5 Å². The Hall–Kier alpha value is -2.99. The quantitative estimate of drug-likeness (QED) is 0.500. The van der Waals surface area contributed by atoms with E-state index in [2.05, 4.69) is 11.6 Å². The number of carbonyl (C=O) groups excluding carboxylic acids is 1. The molecule has 1 aliphatic heterocycles. The van der Waals surface area contributed by atoms with Gasteiger partial charge in [-0.25, -0.2) is 4.99 Å². The van der Waals surface area contributed by atoms with Crippen LogP contribution in [-0.2, 0) is 4.79 Å². The van der Waals surface area contributed by atoms with Crippen molar-refractivity contribution in [1.29, 1.82) is 0 Å². The second kappa shape index (κ2) is 9.47. The fourth-order valence-electron chi connectivity index (χ4n) is 2.80. The second-order valence-electron chi connectivity index (χ2n) is 6.59. The number of aromatic hydroxyl groups is 1. The maximum atomic E-state index is 13.0. The number of nitrogens with zero attached hydrogens (tertiary/aromatic N) is 2. The average molecular weight is 409 g/mol. The van der Waals surface area contributed by atoms with E-state index in [0.717, 1.165) is 23.3 Å². The van der Waals surface area contributed by atoms with Crippen molar-refractivity contribution in [2.24, 2.45) is 4.99 Å². The summed E-state index contributed by atoms with van der Waals surface area (Å²) in [4.78, 5) is 19.6. The van der Waals surface area contributed by atoms with Crippen molar-refractivity contribution in [3.05, 3.63) is 71.2 Å². The summed E-state index contributed by atoms with van der Waals surface area (Å²) in [5, 5.41) is 10.7. The van der Waals surface area contributed by atoms with E-state index >= 15 is 0 Å². The summed E-state index contributed by atoms with van der Waals surface area (Å²) in [6, 6.07) is 12.9. The lowest BCUT2D eigenvalue weighted by Gasteiger charge is -2.13. The van der Waals surface area contributed by atoms with E-state index in [4.69, 9.17) is 4.74 Å². The third-order valence-corrected chi connectivity index (χ3v) is 5.22. The summed E-state index contributed by atoms with van der Waals surface area (Å²) < 4.78 is 5.80. The summed E-state index contributed by atoms with van der Waals surface area (Å²) >= 11 is 1.27. The summed E-state index contributed by atoms with van der Waals surface area (Å²) in [7, 11) is 0. The minimum absolute atomic E-state index is 0.0832. The number of aryl methyl sites for hydroxylation is 1. The number of hydrogen-bond acceptors (Lipinski definition) is 5. The van der Waals surface area contributed by atoms with Gasteiger partial charge >= 0.3 is 0 Å². The molecule has 1 aliphatic rings. The molecule has 1 saturated heterocycles. The molecule has 2 aromatic carbocycles. The molecule has 0 atom stereocenters. The molecule has 2 aromatic rings. The van der Waals surface area contributed by atoms with Crippen molar-refractivity contribution in [1.82, 2.24) is 4.90 Å². The molecule has 6 heteroatoms. The number of phenols is 1. The van der Waals surface area contributed by atoms with Gasteiger partial charge in [-0.15, -0.1) is 6.58 Å². The third-order valence-electron chi connectivity index (χ3n) is 4.21. The van der Waals surface area contributed by atoms with Gasteiger partial charge in [-0.2, -0.15) is 0 Å². The highest BCUT2D eigenvalue weighted by Crippen LogP contribution is 2.37. The largest absolute Gasteiger partial charge is 0.506 e. The van der Waals surface area contributed by atoms with Gasteiger partial charge in [-0.05, 0) is 54.9 Å². The van der Waals surface area contributed by atoms with Crippen molar-refractivity contribution >= 4 is 34.6 Å². The van der Waals surface area contributed by atoms with Crippen molar-refractivity contribution in [2.75, 3.05) is 13.2 Å². The number of para-hydroxylation sites is 1. The molecule has 1 heterocycles. The Bertz CT molecular complexity index is 982. The Labute approximate surface area is 175 Å². The fraction of sp³-hybridized carbons (Fsp3) is 0.217. The third kappa shape index (κ3) is 4.90. The number of carbonyl (C=O) groups is 1. The predicted molar refractivity (Wildman–Crippen MR) is 120 cm³/mol. The minimum atomic E-state index is -0.148. The van der Waals surface area contributed by atoms with E-state index in [1.165, 1.54) is 11.8 Å². The van der Waals surface area contributed by atoms with Gasteiger partial charge in [-0.3, -0.25) is 9.69 Å². The molecule has 150 valence electrons. The molecule has 5 nitrogen and oxygen atoms in total. The zero-order chi connectivity index (χ0) is 20.8. The normalized spacial score (nSPS) is 16.6. The lowest BCUT2D eigenvalue weighted by molar-refractivity contribution is -0.121. The summed E-state index contributed by atoms with van der Waals surface area (Å²) in [6.45, 7) is 8.64. The van der Waals surface area contributed by atoms with Crippen LogP contribution in [0.2, 0.25) is 0 Å². The number of amides is 1. The van der Waals surface area contributed by atoms with Crippen LogP contribution in [0, 0.1) is 6.92 Å². The molecule has 0 unspecified atom stereocenters. The van der Waals surface area contributed by atoms with E-state index in [-0.39, 0.29) is 11.7 Å². The first kappa shape index (κ1) is 20.7. The molecule has 1 amide bonds. The van der Waals surface area contributed by atoms with E-state index in [1.54, 1.807) is 23.1 Å². The smallest absolute Gasteiger partial charge is 0.267 e. The van der Waals surface area contributed by atoms with Gasteiger partial charge in [0.15, 0.2) is 5.17 Å². The zero-order valence-electron chi connectivity index (χ0n) is 16.6. The summed E-state index contributed by atoms with van der Waals surface area (Å²) in [5.74, 6) is 0.678. The first-order valence-electron chi connectivity index (χ1n) is 9.46. The van der Waals surface area contributed by atoms with Crippen LogP contribution < -0.4 is 4.74 Å². The van der Waals surface area contributed by atoms with Crippen LogP contribution in [0.1, 0.15) is 24.5 Å². The van der Waals surface area contributed by atoms with Gasteiger partial charge in [0, 0.05) is 12.1 Å². The topological polar surface area (TPSA) is 62.1 Å². The van der Waals surface area contributed by atoms with E-state index < -0.39 is 0 Å². The van der Waals surface area contributed by atoms with E-state index in [1.807, 2.05) is 50.3 Å². The first-order valence-corrected chi connectivity index (χ1v) is 10.3. The minimum Gasteiger partial charge on any atom is -0.506 e. The molecule has 0 aromatic heterocycles. The maximum absolute atomic E-state index is 13.0. The van der Waals surface area contributed by atoms with Crippen LogP contribution in [0.25, 0.3) is 6.08 Å². The number of thioether (sulfide) groups is 1. The molecule has 1 N–H and O–H groups in total. The second-order valence-corrected chi connectivity index (χ2v) is 7.60. The number of ether oxygens (including phenoxy) is 1. The Kier molecular flexibility index (Phi) is 6.77. The molecule has 0 spiro atoms. The Morgan fingerprint density at radius 1 is 1.28 bits per heavy atom. The fourth-order valence-corrected chi connectivity index (χ4v) is 3.79. The Morgan fingerprint density at radius 3 is 2.79 bits per heavy atom. The van der Waals surface area contributed by atoms with Gasteiger partial charge in [-0.1, -0.05) is 37.3 Å². The van der Waals surface area contributed by atoms with Crippen LogP contribution in [0.4, 0.5) is 5.69 Å². The molecule has 0 radical (unpaired) electrons. The highest BCUT2D eigenvalue weighted by atomic mass is 32.2. The number of aliphatic imine (C=N–C) groups is 1. The Balaban J connectivity index is 1.96. The van der Waals surface area contributed by atoms with Gasteiger partial charge in [0.2, 0.25) is 0 Å². The van der Waals surface area contributed by atoms with Gasteiger partial charge in [0.25, 0.3) is 5.91 Å². The number of benzene rings is 2. The highest BCUT2D eigenvalue weighted by molar-refractivity contribution is 8.18. The van der Waals surface area contributed by atoms with Crippen LogP contribution >= 0.6 is 11.8 Å². The maximum Gasteiger partial charge on any atom is 0.267 e. The van der Waals surface area contributed by atoms with Crippen LogP contribution in [0.3, 0.4) is 0 Å². The number of phenolic OH excluding ortho intramolecular Hbond substituents is 1. The molecule has 1 fully saturated rings. The predicted octanol–water partition coefficient (Wildman–Crippen LogP) is 5.28. The number of rotatable bonds is 7. The van der Waals surface area contributed by atoms with Gasteiger partial charge in [0.1, 0.15) is 17.2 Å². The number of hydrogen-bond donors (Lipinski definition) is 1. The first-order chi connectivity index (χ1) is 14.0. The van der Waals surface area contributed by atoms with Crippen molar-refractivity contribution in [3.63, 3.8) is 0 Å². The number of amidine groups is 1. The van der Waals surface area contributed by atoms with E-state index in [9.17, 15) is 9.90 Å². The molecule has 0 bridgehead atoms. The molecular weight excluding hydrogens is 384 g/mol. The monoisotopic (exact) mass is 408 g/mol.